The monoisotopic (exact) mass is 408 g/mol. The fraction of sp³-hybridized carbons (Fsp3) is 0.263. The van der Waals surface area contributed by atoms with Crippen LogP contribution in [-0.4, -0.2) is 24.6 Å². The van der Waals surface area contributed by atoms with Crippen molar-refractivity contribution in [3.05, 3.63) is 58.6 Å². The zero-order chi connectivity index (χ0) is 19.6. The average Bonchev–Trinajstić information content (AvgIpc) is 2.64. The van der Waals surface area contributed by atoms with E-state index in [1.54, 1.807) is 48.5 Å². The molecule has 1 atom stereocenters. The zero-order valence-electron chi connectivity index (χ0n) is 14.9. The molecule has 0 spiro atoms. The summed E-state index contributed by atoms with van der Waals surface area (Å²) in [6.45, 7) is 2.40. The number of rotatable bonds is 7. The second-order valence-corrected chi connectivity index (χ2v) is 6.76. The van der Waals surface area contributed by atoms with E-state index in [0.717, 1.165) is 6.42 Å². The number of carbonyl (C=O) groups excluding carboxylic acids is 2. The molecule has 0 saturated heterocycles. The summed E-state index contributed by atoms with van der Waals surface area (Å²) in [5, 5.41) is 12.3. The molecule has 2 aromatic rings. The molecule has 0 saturated carbocycles. The molecule has 0 aromatic heterocycles. The van der Waals surface area contributed by atoms with Gasteiger partial charge in [-0.05, 0) is 61.4 Å². The SMILES string of the molecule is CC[C@H](CCNC(=O)Nc1ccc(Cl)cc1)NC(=O)Nc1ccc(Cl)cc1. The Hall–Kier alpha value is -2.44. The van der Waals surface area contributed by atoms with Crippen LogP contribution in [0.5, 0.6) is 0 Å². The third-order valence-corrected chi connectivity index (χ3v) is 4.31. The molecule has 2 aromatic carbocycles. The summed E-state index contributed by atoms with van der Waals surface area (Å²) in [7, 11) is 0. The van der Waals surface area contributed by atoms with Crippen LogP contribution >= 0.6 is 23.2 Å². The largest absolute Gasteiger partial charge is 0.338 e. The van der Waals surface area contributed by atoms with Gasteiger partial charge in [0, 0.05) is 34.0 Å². The summed E-state index contributed by atoms with van der Waals surface area (Å²) in [4.78, 5) is 24.0. The maximum absolute atomic E-state index is 12.1. The van der Waals surface area contributed by atoms with Crippen LogP contribution < -0.4 is 21.3 Å². The van der Waals surface area contributed by atoms with E-state index in [-0.39, 0.29) is 18.1 Å². The predicted molar refractivity (Wildman–Crippen MR) is 111 cm³/mol. The quantitative estimate of drug-likeness (QED) is 0.513. The molecule has 0 radical (unpaired) electrons. The minimum atomic E-state index is -0.308. The molecule has 6 nitrogen and oxygen atoms in total. The highest BCUT2D eigenvalue weighted by Crippen LogP contribution is 2.14. The fourth-order valence-corrected chi connectivity index (χ4v) is 2.58. The number of amides is 4. The van der Waals surface area contributed by atoms with Crippen molar-refractivity contribution in [2.75, 3.05) is 17.2 Å². The van der Waals surface area contributed by atoms with Gasteiger partial charge in [0.2, 0.25) is 0 Å². The number of halogens is 2. The fourth-order valence-electron chi connectivity index (χ4n) is 2.33. The average molecular weight is 409 g/mol. The van der Waals surface area contributed by atoms with Crippen LogP contribution in [0.25, 0.3) is 0 Å². The van der Waals surface area contributed by atoms with E-state index in [1.165, 1.54) is 0 Å². The molecule has 0 unspecified atom stereocenters. The first-order chi connectivity index (χ1) is 13.0. The van der Waals surface area contributed by atoms with E-state index >= 15 is 0 Å². The molecular formula is C19H22Cl2N4O2. The van der Waals surface area contributed by atoms with Crippen molar-refractivity contribution in [2.24, 2.45) is 0 Å². The van der Waals surface area contributed by atoms with Crippen molar-refractivity contribution < 1.29 is 9.59 Å². The van der Waals surface area contributed by atoms with Gasteiger partial charge in [-0.3, -0.25) is 0 Å². The summed E-state index contributed by atoms with van der Waals surface area (Å²) < 4.78 is 0. The van der Waals surface area contributed by atoms with Gasteiger partial charge in [-0.25, -0.2) is 9.59 Å². The second-order valence-electron chi connectivity index (χ2n) is 5.89. The second kappa shape index (κ2) is 10.6. The van der Waals surface area contributed by atoms with Gasteiger partial charge in [0.25, 0.3) is 0 Å². The maximum Gasteiger partial charge on any atom is 0.319 e. The molecule has 4 N–H and O–H groups in total. The van der Waals surface area contributed by atoms with E-state index in [0.29, 0.717) is 34.4 Å². The van der Waals surface area contributed by atoms with Gasteiger partial charge in [0.05, 0.1) is 0 Å². The first-order valence-corrected chi connectivity index (χ1v) is 9.35. The third kappa shape index (κ3) is 7.76. The van der Waals surface area contributed by atoms with Crippen LogP contribution in [0.2, 0.25) is 10.0 Å². The van der Waals surface area contributed by atoms with E-state index in [9.17, 15) is 9.59 Å². The van der Waals surface area contributed by atoms with Gasteiger partial charge < -0.3 is 21.3 Å². The Kier molecular flexibility index (Phi) is 8.23. The summed E-state index contributed by atoms with van der Waals surface area (Å²) in [6, 6.07) is 13.0. The van der Waals surface area contributed by atoms with Gasteiger partial charge in [-0.15, -0.1) is 0 Å². The Morgan fingerprint density at radius 1 is 0.852 bits per heavy atom. The van der Waals surface area contributed by atoms with Crippen molar-refractivity contribution in [3.63, 3.8) is 0 Å². The highest BCUT2D eigenvalue weighted by molar-refractivity contribution is 6.30. The van der Waals surface area contributed by atoms with Gasteiger partial charge in [0.15, 0.2) is 0 Å². The summed E-state index contributed by atoms with van der Waals surface area (Å²) in [5.74, 6) is 0. The smallest absolute Gasteiger partial charge is 0.319 e. The summed E-state index contributed by atoms with van der Waals surface area (Å²) in [5.41, 5.74) is 1.32. The Morgan fingerprint density at radius 2 is 1.33 bits per heavy atom. The molecule has 4 amide bonds. The number of anilines is 2. The maximum atomic E-state index is 12.1. The van der Waals surface area contributed by atoms with Crippen molar-refractivity contribution >= 4 is 46.6 Å². The van der Waals surface area contributed by atoms with E-state index in [2.05, 4.69) is 21.3 Å². The van der Waals surface area contributed by atoms with Crippen LogP contribution in [-0.2, 0) is 0 Å². The van der Waals surface area contributed by atoms with Crippen LogP contribution in [0.15, 0.2) is 48.5 Å². The van der Waals surface area contributed by atoms with Crippen molar-refractivity contribution in [3.8, 4) is 0 Å². The molecular weight excluding hydrogens is 387 g/mol. The van der Waals surface area contributed by atoms with Gasteiger partial charge in [-0.1, -0.05) is 30.1 Å². The van der Waals surface area contributed by atoms with E-state index < -0.39 is 0 Å². The van der Waals surface area contributed by atoms with Gasteiger partial charge in [-0.2, -0.15) is 0 Å². The predicted octanol–water partition coefficient (Wildman–Crippen LogP) is 5.11. The van der Waals surface area contributed by atoms with Crippen molar-refractivity contribution in [2.45, 2.75) is 25.8 Å². The number of hydrogen-bond donors (Lipinski definition) is 4. The lowest BCUT2D eigenvalue weighted by Gasteiger charge is -2.18. The number of hydrogen-bond acceptors (Lipinski definition) is 2. The first-order valence-electron chi connectivity index (χ1n) is 8.59. The van der Waals surface area contributed by atoms with Crippen LogP contribution in [0, 0.1) is 0 Å². The molecule has 0 fully saturated rings. The molecule has 144 valence electrons. The minimum Gasteiger partial charge on any atom is -0.338 e. The molecule has 0 aliphatic carbocycles. The number of urea groups is 2. The first kappa shape index (κ1) is 20.9. The molecule has 0 bridgehead atoms. The van der Waals surface area contributed by atoms with Gasteiger partial charge >= 0.3 is 12.1 Å². The molecule has 0 aliphatic heterocycles. The van der Waals surface area contributed by atoms with Gasteiger partial charge in [0.1, 0.15) is 0 Å². The van der Waals surface area contributed by atoms with Crippen molar-refractivity contribution in [1.29, 1.82) is 0 Å². The Bertz CT molecular complexity index is 751. The van der Waals surface area contributed by atoms with E-state index in [1.807, 2.05) is 6.92 Å². The molecule has 0 heterocycles. The number of nitrogens with one attached hydrogen (secondary N) is 4. The Morgan fingerprint density at radius 3 is 1.81 bits per heavy atom. The topological polar surface area (TPSA) is 82.3 Å². The molecule has 8 heteroatoms. The Balaban J connectivity index is 1.71. The molecule has 2 rings (SSSR count). The minimum absolute atomic E-state index is 0.0619. The third-order valence-electron chi connectivity index (χ3n) is 3.81. The summed E-state index contributed by atoms with van der Waals surface area (Å²) in [6.07, 6.45) is 1.35. The van der Waals surface area contributed by atoms with E-state index in [4.69, 9.17) is 23.2 Å². The molecule has 0 aliphatic rings. The highest BCUT2D eigenvalue weighted by atomic mass is 35.5. The standard InChI is InChI=1S/C19H22Cl2N4O2/c1-2-15(23-19(27)25-17-9-5-14(21)6-10-17)11-12-22-18(26)24-16-7-3-13(20)4-8-16/h3-10,15H,2,11-12H2,1H3,(H2,22,24,26)(H2,23,25,27)/t15-/m1/s1. The van der Waals surface area contributed by atoms with Crippen molar-refractivity contribution in [1.82, 2.24) is 10.6 Å². The van der Waals surface area contributed by atoms with Crippen LogP contribution in [0.1, 0.15) is 19.8 Å². The lowest BCUT2D eigenvalue weighted by molar-refractivity contribution is 0.246. The van der Waals surface area contributed by atoms with Crippen LogP contribution in [0.4, 0.5) is 21.0 Å². The normalized spacial score (nSPS) is 11.4. The van der Waals surface area contributed by atoms with Crippen LogP contribution in [0.3, 0.4) is 0 Å². The zero-order valence-corrected chi connectivity index (χ0v) is 16.4. The number of benzene rings is 2. The molecule has 27 heavy (non-hydrogen) atoms. The number of carbonyl (C=O) groups is 2. The summed E-state index contributed by atoms with van der Waals surface area (Å²) >= 11 is 11.6. The highest BCUT2D eigenvalue weighted by Gasteiger charge is 2.11. The lowest BCUT2D eigenvalue weighted by Crippen LogP contribution is -2.40. The lowest BCUT2D eigenvalue weighted by atomic mass is 10.1. The Labute approximate surface area is 168 Å².